The summed E-state index contributed by atoms with van der Waals surface area (Å²) >= 11 is 5.52. The second-order valence-electron chi connectivity index (χ2n) is 5.06. The van der Waals surface area contributed by atoms with E-state index in [9.17, 15) is 0 Å². The van der Waals surface area contributed by atoms with Crippen LogP contribution in [0.25, 0.3) is 0 Å². The SMILES string of the molecule is CCNC(CCc1cnn(C)c1)CSc1ccccc1Br. The summed E-state index contributed by atoms with van der Waals surface area (Å²) in [4.78, 5) is 1.31. The summed E-state index contributed by atoms with van der Waals surface area (Å²) < 4.78 is 3.05. The summed E-state index contributed by atoms with van der Waals surface area (Å²) in [5.74, 6) is 1.08. The normalized spacial score (nSPS) is 12.5. The molecule has 0 saturated carbocycles. The predicted octanol–water partition coefficient (Wildman–Crippen LogP) is 3.89. The number of nitrogens with one attached hydrogen (secondary N) is 1. The maximum Gasteiger partial charge on any atom is 0.0521 e. The van der Waals surface area contributed by atoms with Gasteiger partial charge < -0.3 is 5.32 Å². The number of halogens is 1. The van der Waals surface area contributed by atoms with Gasteiger partial charge in [-0.25, -0.2) is 0 Å². The molecule has 0 aliphatic rings. The van der Waals surface area contributed by atoms with Crippen molar-refractivity contribution >= 4 is 27.7 Å². The standard InChI is InChI=1S/C16H22BrN3S/c1-3-18-14(9-8-13-10-19-20(2)11-13)12-21-16-7-5-4-6-15(16)17/h4-7,10-11,14,18H,3,8-9,12H2,1-2H3. The number of thioether (sulfide) groups is 1. The molecule has 0 amide bonds. The average molecular weight is 368 g/mol. The number of rotatable bonds is 8. The third-order valence-electron chi connectivity index (χ3n) is 3.31. The molecule has 0 radical (unpaired) electrons. The van der Waals surface area contributed by atoms with Crippen molar-refractivity contribution in [2.45, 2.75) is 30.7 Å². The van der Waals surface area contributed by atoms with Crippen LogP contribution < -0.4 is 5.32 Å². The Morgan fingerprint density at radius 3 is 2.86 bits per heavy atom. The molecule has 0 aliphatic heterocycles. The van der Waals surface area contributed by atoms with Gasteiger partial charge in [0.1, 0.15) is 0 Å². The summed E-state index contributed by atoms with van der Waals surface area (Å²) in [5.41, 5.74) is 1.31. The first-order valence-corrected chi connectivity index (χ1v) is 9.05. The number of aromatic nitrogens is 2. The highest BCUT2D eigenvalue weighted by molar-refractivity contribution is 9.10. The lowest BCUT2D eigenvalue weighted by Crippen LogP contribution is -2.31. The molecule has 0 aliphatic carbocycles. The van der Waals surface area contributed by atoms with Gasteiger partial charge in [0.2, 0.25) is 0 Å². The predicted molar refractivity (Wildman–Crippen MR) is 93.9 cm³/mol. The second kappa shape index (κ2) is 8.61. The summed E-state index contributed by atoms with van der Waals surface area (Å²) in [5, 5.41) is 7.82. The summed E-state index contributed by atoms with van der Waals surface area (Å²) in [6, 6.07) is 8.93. The fourth-order valence-corrected chi connectivity index (χ4v) is 3.90. The molecule has 0 spiro atoms. The van der Waals surface area contributed by atoms with Crippen LogP contribution in [0.5, 0.6) is 0 Å². The Morgan fingerprint density at radius 1 is 1.38 bits per heavy atom. The lowest BCUT2D eigenvalue weighted by atomic mass is 10.1. The third-order valence-corrected chi connectivity index (χ3v) is 5.50. The maximum atomic E-state index is 4.23. The number of benzene rings is 1. The first-order chi connectivity index (χ1) is 10.2. The third kappa shape index (κ3) is 5.49. The van der Waals surface area contributed by atoms with Crippen LogP contribution in [0.2, 0.25) is 0 Å². The van der Waals surface area contributed by atoms with E-state index in [-0.39, 0.29) is 0 Å². The van der Waals surface area contributed by atoms with E-state index in [1.54, 1.807) is 0 Å². The monoisotopic (exact) mass is 367 g/mol. The summed E-state index contributed by atoms with van der Waals surface area (Å²) in [7, 11) is 1.97. The molecule has 0 bridgehead atoms. The molecular weight excluding hydrogens is 346 g/mol. The molecule has 3 nitrogen and oxygen atoms in total. The van der Waals surface area contributed by atoms with Gasteiger partial charge in [0.05, 0.1) is 6.20 Å². The number of hydrogen-bond acceptors (Lipinski definition) is 3. The highest BCUT2D eigenvalue weighted by atomic mass is 79.9. The molecule has 2 rings (SSSR count). The van der Waals surface area contributed by atoms with Crippen LogP contribution in [-0.2, 0) is 13.5 Å². The highest BCUT2D eigenvalue weighted by Gasteiger charge is 2.10. The Balaban J connectivity index is 1.85. The molecular formula is C16H22BrN3S. The van der Waals surface area contributed by atoms with Gasteiger partial charge in [-0.3, -0.25) is 4.68 Å². The van der Waals surface area contributed by atoms with Crippen molar-refractivity contribution in [1.82, 2.24) is 15.1 Å². The van der Waals surface area contributed by atoms with Gasteiger partial charge in [0, 0.05) is 34.4 Å². The molecule has 1 heterocycles. The van der Waals surface area contributed by atoms with Crippen molar-refractivity contribution in [3.8, 4) is 0 Å². The molecule has 1 unspecified atom stereocenters. The summed E-state index contributed by atoms with van der Waals surface area (Å²) in [6.07, 6.45) is 6.27. The van der Waals surface area contributed by atoms with Crippen molar-refractivity contribution in [3.63, 3.8) is 0 Å². The van der Waals surface area contributed by atoms with Gasteiger partial charge in [-0.2, -0.15) is 5.10 Å². The molecule has 114 valence electrons. The van der Waals surface area contributed by atoms with Gasteiger partial charge in [-0.15, -0.1) is 11.8 Å². The molecule has 1 aromatic heterocycles. The first kappa shape index (κ1) is 16.6. The zero-order valence-corrected chi connectivity index (χ0v) is 15.0. The van der Waals surface area contributed by atoms with E-state index in [1.807, 2.05) is 29.7 Å². The fourth-order valence-electron chi connectivity index (χ4n) is 2.23. The minimum absolute atomic E-state index is 0.521. The van der Waals surface area contributed by atoms with Gasteiger partial charge in [0.15, 0.2) is 0 Å². The van der Waals surface area contributed by atoms with Crippen LogP contribution in [0, 0.1) is 0 Å². The van der Waals surface area contributed by atoms with E-state index in [2.05, 4.69) is 63.7 Å². The Labute approximate surface area is 139 Å². The van der Waals surface area contributed by atoms with Gasteiger partial charge in [0.25, 0.3) is 0 Å². The molecule has 21 heavy (non-hydrogen) atoms. The topological polar surface area (TPSA) is 29.9 Å². The largest absolute Gasteiger partial charge is 0.313 e. The van der Waals surface area contributed by atoms with Crippen molar-refractivity contribution in [1.29, 1.82) is 0 Å². The molecule has 1 N–H and O–H groups in total. The van der Waals surface area contributed by atoms with Crippen LogP contribution >= 0.6 is 27.7 Å². The fraction of sp³-hybridized carbons (Fsp3) is 0.438. The van der Waals surface area contributed by atoms with Crippen LogP contribution in [0.1, 0.15) is 18.9 Å². The number of nitrogens with zero attached hydrogens (tertiary/aromatic N) is 2. The maximum absolute atomic E-state index is 4.23. The van der Waals surface area contributed by atoms with Crippen molar-refractivity contribution in [2.75, 3.05) is 12.3 Å². The zero-order chi connectivity index (χ0) is 15.1. The average Bonchev–Trinajstić information content (AvgIpc) is 2.89. The lowest BCUT2D eigenvalue weighted by Gasteiger charge is -2.17. The minimum Gasteiger partial charge on any atom is -0.313 e. The van der Waals surface area contributed by atoms with Crippen molar-refractivity contribution < 1.29 is 0 Å². The van der Waals surface area contributed by atoms with Gasteiger partial charge >= 0.3 is 0 Å². The van der Waals surface area contributed by atoms with Crippen LogP contribution in [-0.4, -0.2) is 28.1 Å². The van der Waals surface area contributed by atoms with E-state index in [0.717, 1.165) is 25.1 Å². The van der Waals surface area contributed by atoms with Crippen molar-refractivity contribution in [2.24, 2.45) is 7.05 Å². The quantitative estimate of drug-likeness (QED) is 0.717. The Hall–Kier alpha value is -0.780. The number of aryl methyl sites for hydroxylation is 2. The Morgan fingerprint density at radius 2 is 2.19 bits per heavy atom. The van der Waals surface area contributed by atoms with Crippen LogP contribution in [0.4, 0.5) is 0 Å². The van der Waals surface area contributed by atoms with E-state index in [4.69, 9.17) is 0 Å². The molecule has 0 saturated heterocycles. The van der Waals surface area contributed by atoms with Crippen LogP contribution in [0.3, 0.4) is 0 Å². The first-order valence-electron chi connectivity index (χ1n) is 7.27. The van der Waals surface area contributed by atoms with E-state index in [0.29, 0.717) is 6.04 Å². The molecule has 0 fully saturated rings. The van der Waals surface area contributed by atoms with Crippen molar-refractivity contribution in [3.05, 3.63) is 46.7 Å². The Bertz CT molecular complexity index is 556. The van der Waals surface area contributed by atoms with E-state index >= 15 is 0 Å². The zero-order valence-electron chi connectivity index (χ0n) is 12.6. The van der Waals surface area contributed by atoms with Gasteiger partial charge in [-0.1, -0.05) is 19.1 Å². The second-order valence-corrected chi connectivity index (χ2v) is 6.97. The summed E-state index contributed by atoms with van der Waals surface area (Å²) in [6.45, 7) is 3.17. The van der Waals surface area contributed by atoms with Gasteiger partial charge in [-0.05, 0) is 53.0 Å². The highest BCUT2D eigenvalue weighted by Crippen LogP contribution is 2.27. The lowest BCUT2D eigenvalue weighted by molar-refractivity contribution is 0.537. The molecule has 1 aromatic carbocycles. The van der Waals surface area contributed by atoms with Crippen LogP contribution in [0.15, 0.2) is 46.0 Å². The van der Waals surface area contributed by atoms with E-state index in [1.165, 1.54) is 14.9 Å². The smallest absolute Gasteiger partial charge is 0.0521 e. The Kier molecular flexibility index (Phi) is 6.80. The molecule has 5 heteroatoms. The molecule has 1 atom stereocenters. The molecule has 2 aromatic rings. The van der Waals surface area contributed by atoms with E-state index < -0.39 is 0 Å². The number of hydrogen-bond donors (Lipinski definition) is 1. The minimum atomic E-state index is 0.521.